The molecule has 38 heavy (non-hydrogen) atoms. The minimum atomic E-state index is -1.69. The van der Waals surface area contributed by atoms with E-state index >= 15 is 0 Å². The molecule has 0 saturated carbocycles. The minimum Gasteiger partial charge on any atom is -0.453 e. The highest BCUT2D eigenvalue weighted by Gasteiger charge is 2.34. The molecule has 0 heterocycles. The number of rotatable bonds is 7. The van der Waals surface area contributed by atoms with Gasteiger partial charge in [-0.3, -0.25) is 4.79 Å². The van der Waals surface area contributed by atoms with Gasteiger partial charge in [-0.2, -0.15) is 0 Å². The number of carbonyl (C=O) groups is 1. The van der Waals surface area contributed by atoms with Gasteiger partial charge in [0.2, 0.25) is 0 Å². The Morgan fingerprint density at radius 2 is 1.16 bits per heavy atom. The summed E-state index contributed by atoms with van der Waals surface area (Å²) in [5.41, 5.74) is 2.01. The fraction of sp³-hybridized carbons (Fsp3) is 0.229. The summed E-state index contributed by atoms with van der Waals surface area (Å²) in [6.45, 7) is 8.89. The zero-order valence-corrected chi connectivity index (χ0v) is 23.9. The first-order valence-electron chi connectivity index (χ1n) is 13.5. The summed E-state index contributed by atoms with van der Waals surface area (Å²) in [5, 5.41) is 5.82. The molecule has 0 fully saturated rings. The highest BCUT2D eigenvalue weighted by molar-refractivity contribution is 6.77. The van der Waals surface area contributed by atoms with Crippen molar-refractivity contribution < 1.29 is 9.53 Å². The van der Waals surface area contributed by atoms with E-state index < -0.39 is 14.9 Å². The second kappa shape index (κ2) is 11.0. The van der Waals surface area contributed by atoms with Crippen molar-refractivity contribution in [1.82, 2.24) is 0 Å². The normalized spacial score (nSPS) is 13.5. The predicted molar refractivity (Wildman–Crippen MR) is 163 cm³/mol. The van der Waals surface area contributed by atoms with Crippen LogP contribution in [0.4, 0.5) is 0 Å². The standard InChI is InChI=1S/C35H36O2Si/c1-25(38(24-35(2,3)4)28-18-6-5-7-19-28)34(36)37-33(31-22-12-16-26-14-8-10-20-29(26)31)32-23-13-17-27-15-9-11-21-30(27)32/h5-23,25,33,38H,24H2,1-4H3/t25-,38+/m1/s1. The van der Waals surface area contributed by atoms with Crippen molar-refractivity contribution in [2.24, 2.45) is 5.41 Å². The lowest BCUT2D eigenvalue weighted by molar-refractivity contribution is -0.147. The second-order valence-corrected chi connectivity index (χ2v) is 14.8. The fourth-order valence-electron chi connectivity index (χ4n) is 5.58. The van der Waals surface area contributed by atoms with Crippen molar-refractivity contribution >= 4 is 41.5 Å². The largest absolute Gasteiger partial charge is 0.453 e. The first-order valence-corrected chi connectivity index (χ1v) is 15.6. The van der Waals surface area contributed by atoms with Crippen LogP contribution in [-0.2, 0) is 9.53 Å². The zero-order valence-electron chi connectivity index (χ0n) is 22.7. The number of hydrogen-bond acceptors (Lipinski definition) is 2. The quantitative estimate of drug-likeness (QED) is 0.161. The summed E-state index contributed by atoms with van der Waals surface area (Å²) in [6.07, 6.45) is -0.498. The number of ether oxygens (including phenoxy) is 1. The van der Waals surface area contributed by atoms with Gasteiger partial charge in [-0.25, -0.2) is 0 Å². The Bertz CT molecular complexity index is 1460. The average Bonchev–Trinajstić information content (AvgIpc) is 2.93. The lowest BCUT2D eigenvalue weighted by Gasteiger charge is -2.30. The summed E-state index contributed by atoms with van der Waals surface area (Å²) in [6, 6.07) is 40.9. The van der Waals surface area contributed by atoms with Crippen molar-refractivity contribution in [1.29, 1.82) is 0 Å². The molecule has 0 aliphatic heterocycles. The maximum absolute atomic E-state index is 14.1. The van der Waals surface area contributed by atoms with E-state index in [1.165, 1.54) is 5.19 Å². The van der Waals surface area contributed by atoms with Gasteiger partial charge in [0.05, 0.1) is 8.80 Å². The van der Waals surface area contributed by atoms with Crippen molar-refractivity contribution in [3.8, 4) is 0 Å². The number of benzene rings is 5. The Hall–Kier alpha value is -3.69. The van der Waals surface area contributed by atoms with Crippen LogP contribution in [0.25, 0.3) is 21.5 Å². The molecule has 0 spiro atoms. The van der Waals surface area contributed by atoms with Crippen LogP contribution in [0.2, 0.25) is 11.6 Å². The van der Waals surface area contributed by atoms with Crippen molar-refractivity contribution in [2.45, 2.75) is 45.4 Å². The number of carbonyl (C=O) groups excluding carboxylic acids is 1. The van der Waals surface area contributed by atoms with Gasteiger partial charge >= 0.3 is 5.97 Å². The van der Waals surface area contributed by atoms with Gasteiger partial charge in [-0.1, -0.05) is 154 Å². The molecular weight excluding hydrogens is 480 g/mol. The predicted octanol–water partition coefficient (Wildman–Crippen LogP) is 8.20. The van der Waals surface area contributed by atoms with Crippen LogP contribution in [0.3, 0.4) is 0 Å². The molecule has 0 aliphatic rings. The Labute approximate surface area is 227 Å². The summed E-state index contributed by atoms with van der Waals surface area (Å²) in [7, 11) is -1.69. The summed E-state index contributed by atoms with van der Waals surface area (Å²) >= 11 is 0. The van der Waals surface area contributed by atoms with Crippen molar-refractivity contribution in [2.75, 3.05) is 0 Å². The van der Waals surface area contributed by atoms with Crippen LogP contribution in [0.15, 0.2) is 115 Å². The molecule has 5 aromatic carbocycles. The van der Waals surface area contributed by atoms with E-state index in [9.17, 15) is 4.79 Å². The van der Waals surface area contributed by atoms with E-state index in [2.05, 4.69) is 137 Å². The molecule has 2 atom stereocenters. The second-order valence-electron chi connectivity index (χ2n) is 11.5. The Morgan fingerprint density at radius 3 is 1.68 bits per heavy atom. The lowest BCUT2D eigenvalue weighted by Crippen LogP contribution is -2.41. The van der Waals surface area contributed by atoms with Crippen LogP contribution in [0.5, 0.6) is 0 Å². The minimum absolute atomic E-state index is 0.111. The van der Waals surface area contributed by atoms with Crippen LogP contribution in [0, 0.1) is 5.41 Å². The molecule has 0 unspecified atom stereocenters. The summed E-state index contributed by atoms with van der Waals surface area (Å²) in [4.78, 5) is 14.1. The summed E-state index contributed by atoms with van der Waals surface area (Å²) in [5.74, 6) is -0.111. The van der Waals surface area contributed by atoms with Crippen molar-refractivity contribution in [3.63, 3.8) is 0 Å². The molecule has 3 heteroatoms. The molecule has 2 nitrogen and oxygen atoms in total. The van der Waals surface area contributed by atoms with E-state index in [1.807, 2.05) is 6.07 Å². The van der Waals surface area contributed by atoms with Gasteiger partial charge < -0.3 is 4.74 Å². The third-order valence-corrected chi connectivity index (χ3v) is 11.9. The SMILES string of the molecule is C[C@H](C(=O)OC(c1cccc2ccccc12)c1cccc2ccccc12)[Si@H](CC(C)(C)C)c1ccccc1. The number of fused-ring (bicyclic) bond motifs is 2. The molecule has 5 aromatic rings. The Morgan fingerprint density at radius 1 is 0.684 bits per heavy atom. The first kappa shape index (κ1) is 25.9. The van der Waals surface area contributed by atoms with Crippen LogP contribution < -0.4 is 5.19 Å². The molecule has 0 amide bonds. The molecule has 0 aromatic heterocycles. The lowest BCUT2D eigenvalue weighted by atomic mass is 9.92. The Balaban J connectivity index is 1.59. The molecule has 0 bridgehead atoms. The molecule has 0 N–H and O–H groups in total. The highest BCUT2D eigenvalue weighted by atomic mass is 28.3. The van der Waals surface area contributed by atoms with Gasteiger partial charge in [-0.05, 0) is 27.0 Å². The van der Waals surface area contributed by atoms with E-state index in [0.29, 0.717) is 0 Å². The Kier molecular flexibility index (Phi) is 7.48. The van der Waals surface area contributed by atoms with E-state index in [4.69, 9.17) is 4.74 Å². The van der Waals surface area contributed by atoms with Gasteiger partial charge in [-0.15, -0.1) is 0 Å². The monoisotopic (exact) mass is 516 g/mol. The van der Waals surface area contributed by atoms with Gasteiger partial charge in [0.15, 0.2) is 6.10 Å². The topological polar surface area (TPSA) is 26.3 Å². The summed E-state index contributed by atoms with van der Waals surface area (Å²) < 4.78 is 6.61. The van der Waals surface area contributed by atoms with Gasteiger partial charge in [0.1, 0.15) is 0 Å². The maximum Gasteiger partial charge on any atom is 0.306 e. The maximum atomic E-state index is 14.1. The smallest absolute Gasteiger partial charge is 0.306 e. The molecule has 192 valence electrons. The number of esters is 1. The zero-order chi connectivity index (χ0) is 26.7. The van der Waals surface area contributed by atoms with E-state index in [1.54, 1.807) is 0 Å². The van der Waals surface area contributed by atoms with Crippen LogP contribution >= 0.6 is 0 Å². The van der Waals surface area contributed by atoms with Gasteiger partial charge in [0.25, 0.3) is 0 Å². The van der Waals surface area contributed by atoms with E-state index in [0.717, 1.165) is 38.7 Å². The molecule has 0 radical (unpaired) electrons. The molecule has 0 saturated heterocycles. The van der Waals surface area contributed by atoms with E-state index in [-0.39, 0.29) is 16.9 Å². The van der Waals surface area contributed by atoms with Crippen molar-refractivity contribution in [3.05, 3.63) is 126 Å². The van der Waals surface area contributed by atoms with Crippen LogP contribution in [-0.4, -0.2) is 14.8 Å². The average molecular weight is 517 g/mol. The third kappa shape index (κ3) is 5.58. The first-order chi connectivity index (χ1) is 18.3. The van der Waals surface area contributed by atoms with Crippen LogP contribution in [0.1, 0.15) is 44.9 Å². The molecular formula is C35H36O2Si. The fourth-order valence-corrected chi connectivity index (χ4v) is 9.19. The van der Waals surface area contributed by atoms with Gasteiger partial charge in [0, 0.05) is 16.7 Å². The third-order valence-electron chi connectivity index (χ3n) is 7.48. The number of hydrogen-bond donors (Lipinski definition) is 0. The molecule has 5 rings (SSSR count). The highest BCUT2D eigenvalue weighted by Crippen LogP contribution is 2.37. The molecule has 0 aliphatic carbocycles.